The van der Waals surface area contributed by atoms with Gasteiger partial charge in [0.2, 0.25) is 0 Å². The van der Waals surface area contributed by atoms with Gasteiger partial charge in [0.1, 0.15) is 5.75 Å². The lowest BCUT2D eigenvalue weighted by Gasteiger charge is -2.14. The zero-order chi connectivity index (χ0) is 18.4. The molecule has 26 heavy (non-hydrogen) atoms. The fourth-order valence-corrected chi connectivity index (χ4v) is 2.93. The summed E-state index contributed by atoms with van der Waals surface area (Å²) in [6, 6.07) is 15.7. The maximum absolute atomic E-state index is 12.3. The van der Waals surface area contributed by atoms with Gasteiger partial charge in [0.25, 0.3) is 5.91 Å². The molecule has 0 bridgehead atoms. The highest BCUT2D eigenvalue weighted by Crippen LogP contribution is 2.20. The normalized spacial score (nSPS) is 13.5. The SMILES string of the molecule is COc1ccc(CCCNC(=O)c2ccc(N3CCC(C)=N3)cc2)cc1. The number of amides is 1. The first-order chi connectivity index (χ1) is 12.7. The Hall–Kier alpha value is -2.82. The monoisotopic (exact) mass is 351 g/mol. The highest BCUT2D eigenvalue weighted by atomic mass is 16.5. The molecule has 2 aromatic carbocycles. The Morgan fingerprint density at radius 1 is 1.15 bits per heavy atom. The van der Waals surface area contributed by atoms with Crippen LogP contribution in [0.4, 0.5) is 5.69 Å². The summed E-state index contributed by atoms with van der Waals surface area (Å²) in [5, 5.41) is 9.44. The number of nitrogens with one attached hydrogen (secondary N) is 1. The summed E-state index contributed by atoms with van der Waals surface area (Å²) in [5.41, 5.74) is 4.09. The van der Waals surface area contributed by atoms with Gasteiger partial charge in [-0.15, -0.1) is 0 Å². The molecule has 136 valence electrons. The lowest BCUT2D eigenvalue weighted by Crippen LogP contribution is -2.24. The lowest BCUT2D eigenvalue weighted by molar-refractivity contribution is 0.0953. The molecule has 0 aromatic heterocycles. The quantitative estimate of drug-likeness (QED) is 0.775. The summed E-state index contributed by atoms with van der Waals surface area (Å²) in [7, 11) is 1.66. The van der Waals surface area contributed by atoms with E-state index in [4.69, 9.17) is 4.74 Å². The summed E-state index contributed by atoms with van der Waals surface area (Å²) < 4.78 is 5.15. The standard InChI is InChI=1S/C21H25N3O2/c1-16-13-15-24(23-16)19-9-7-18(8-10-19)21(25)22-14-3-4-17-5-11-20(26-2)12-6-17/h5-12H,3-4,13-15H2,1-2H3,(H,22,25). The molecule has 0 radical (unpaired) electrons. The third-order valence-electron chi connectivity index (χ3n) is 4.49. The van der Waals surface area contributed by atoms with Gasteiger partial charge >= 0.3 is 0 Å². The largest absolute Gasteiger partial charge is 0.497 e. The maximum atomic E-state index is 12.3. The Kier molecular flexibility index (Phi) is 5.89. The number of anilines is 1. The maximum Gasteiger partial charge on any atom is 0.251 e. The molecular formula is C21H25N3O2. The summed E-state index contributed by atoms with van der Waals surface area (Å²) in [5.74, 6) is 0.827. The number of rotatable bonds is 7. The molecule has 1 N–H and O–H groups in total. The molecule has 0 unspecified atom stereocenters. The van der Waals surface area contributed by atoms with E-state index in [2.05, 4.69) is 22.6 Å². The number of benzene rings is 2. The van der Waals surface area contributed by atoms with E-state index in [0.717, 1.165) is 43.0 Å². The van der Waals surface area contributed by atoms with Crippen molar-refractivity contribution in [2.45, 2.75) is 26.2 Å². The minimum Gasteiger partial charge on any atom is -0.497 e. The highest BCUT2D eigenvalue weighted by Gasteiger charge is 2.13. The van der Waals surface area contributed by atoms with Crippen LogP contribution >= 0.6 is 0 Å². The topological polar surface area (TPSA) is 53.9 Å². The average molecular weight is 351 g/mol. The molecule has 1 heterocycles. The molecule has 1 aliphatic rings. The zero-order valence-electron chi connectivity index (χ0n) is 15.4. The fourth-order valence-electron chi connectivity index (χ4n) is 2.93. The van der Waals surface area contributed by atoms with E-state index in [9.17, 15) is 4.79 Å². The molecule has 0 saturated heterocycles. The number of hydrogen-bond acceptors (Lipinski definition) is 4. The van der Waals surface area contributed by atoms with Crippen molar-refractivity contribution >= 4 is 17.3 Å². The summed E-state index contributed by atoms with van der Waals surface area (Å²) in [6.07, 6.45) is 2.82. The van der Waals surface area contributed by atoms with Crippen molar-refractivity contribution in [1.82, 2.24) is 5.32 Å². The van der Waals surface area contributed by atoms with Crippen LogP contribution in [0.25, 0.3) is 0 Å². The molecule has 5 nitrogen and oxygen atoms in total. The number of nitrogens with zero attached hydrogens (tertiary/aromatic N) is 2. The van der Waals surface area contributed by atoms with Gasteiger partial charge < -0.3 is 10.1 Å². The van der Waals surface area contributed by atoms with Gasteiger partial charge in [0, 0.05) is 30.8 Å². The smallest absolute Gasteiger partial charge is 0.251 e. The van der Waals surface area contributed by atoms with Gasteiger partial charge in [-0.1, -0.05) is 12.1 Å². The number of carbonyl (C=O) groups excluding carboxylic acids is 1. The second-order valence-electron chi connectivity index (χ2n) is 6.46. The third-order valence-corrected chi connectivity index (χ3v) is 4.49. The van der Waals surface area contributed by atoms with Crippen molar-refractivity contribution in [2.75, 3.05) is 25.2 Å². The van der Waals surface area contributed by atoms with Gasteiger partial charge in [-0.3, -0.25) is 9.80 Å². The Morgan fingerprint density at radius 2 is 1.88 bits per heavy atom. The van der Waals surface area contributed by atoms with Crippen LogP contribution in [0, 0.1) is 0 Å². The molecule has 0 aliphatic carbocycles. The van der Waals surface area contributed by atoms with Crippen LogP contribution in [-0.2, 0) is 6.42 Å². The number of aryl methyl sites for hydroxylation is 1. The van der Waals surface area contributed by atoms with Crippen LogP contribution in [0.1, 0.15) is 35.7 Å². The molecule has 3 rings (SSSR count). The fraction of sp³-hybridized carbons (Fsp3) is 0.333. The second-order valence-corrected chi connectivity index (χ2v) is 6.46. The summed E-state index contributed by atoms with van der Waals surface area (Å²) in [6.45, 7) is 3.60. The molecule has 1 amide bonds. The van der Waals surface area contributed by atoms with Gasteiger partial charge in [-0.25, -0.2) is 0 Å². The zero-order valence-corrected chi connectivity index (χ0v) is 15.4. The Bertz CT molecular complexity index is 767. The minimum atomic E-state index is -0.0348. The Morgan fingerprint density at radius 3 is 2.50 bits per heavy atom. The second kappa shape index (κ2) is 8.52. The van der Waals surface area contributed by atoms with E-state index < -0.39 is 0 Å². The number of carbonyl (C=O) groups is 1. The van der Waals surface area contributed by atoms with Crippen molar-refractivity contribution in [2.24, 2.45) is 5.10 Å². The number of hydrogen-bond donors (Lipinski definition) is 1. The summed E-state index contributed by atoms with van der Waals surface area (Å²) >= 11 is 0. The molecule has 0 atom stereocenters. The van der Waals surface area contributed by atoms with E-state index in [1.165, 1.54) is 5.56 Å². The van der Waals surface area contributed by atoms with Crippen LogP contribution in [0.3, 0.4) is 0 Å². The Labute approximate surface area is 154 Å². The molecular weight excluding hydrogens is 326 g/mol. The molecule has 5 heteroatoms. The van der Waals surface area contributed by atoms with Crippen molar-refractivity contribution in [1.29, 1.82) is 0 Å². The van der Waals surface area contributed by atoms with Crippen molar-refractivity contribution in [3.63, 3.8) is 0 Å². The van der Waals surface area contributed by atoms with Gasteiger partial charge in [0.05, 0.1) is 12.8 Å². The van der Waals surface area contributed by atoms with Crippen molar-refractivity contribution in [3.05, 3.63) is 59.7 Å². The number of hydrazone groups is 1. The van der Waals surface area contributed by atoms with E-state index in [1.807, 2.05) is 48.3 Å². The van der Waals surface area contributed by atoms with Gasteiger partial charge in [-0.2, -0.15) is 5.10 Å². The van der Waals surface area contributed by atoms with Crippen LogP contribution in [-0.4, -0.2) is 31.8 Å². The van der Waals surface area contributed by atoms with Gasteiger partial charge in [0.15, 0.2) is 0 Å². The lowest BCUT2D eigenvalue weighted by atomic mass is 10.1. The average Bonchev–Trinajstić information content (AvgIpc) is 3.12. The van der Waals surface area contributed by atoms with E-state index >= 15 is 0 Å². The first-order valence-corrected chi connectivity index (χ1v) is 8.98. The van der Waals surface area contributed by atoms with Crippen molar-refractivity contribution in [3.8, 4) is 5.75 Å². The van der Waals surface area contributed by atoms with Crippen molar-refractivity contribution < 1.29 is 9.53 Å². The van der Waals surface area contributed by atoms with Gasteiger partial charge in [-0.05, 0) is 61.7 Å². The predicted molar refractivity (Wildman–Crippen MR) is 105 cm³/mol. The van der Waals surface area contributed by atoms with Crippen LogP contribution in [0.2, 0.25) is 0 Å². The third kappa shape index (κ3) is 4.63. The highest BCUT2D eigenvalue weighted by molar-refractivity contribution is 5.94. The predicted octanol–water partition coefficient (Wildman–Crippen LogP) is 3.64. The minimum absolute atomic E-state index is 0.0348. The van der Waals surface area contributed by atoms with Crippen LogP contribution in [0.15, 0.2) is 53.6 Å². The van der Waals surface area contributed by atoms with Crippen LogP contribution in [0.5, 0.6) is 5.75 Å². The van der Waals surface area contributed by atoms with Crippen LogP contribution < -0.4 is 15.1 Å². The van der Waals surface area contributed by atoms with E-state index in [1.54, 1.807) is 7.11 Å². The van der Waals surface area contributed by atoms with E-state index in [-0.39, 0.29) is 5.91 Å². The molecule has 0 spiro atoms. The molecule has 0 fully saturated rings. The molecule has 2 aromatic rings. The Balaban J connectivity index is 1.44. The number of ether oxygens (including phenoxy) is 1. The number of methoxy groups -OCH3 is 1. The molecule has 0 saturated carbocycles. The first-order valence-electron chi connectivity index (χ1n) is 8.98. The summed E-state index contributed by atoms with van der Waals surface area (Å²) in [4.78, 5) is 12.3. The van der Waals surface area contributed by atoms with E-state index in [0.29, 0.717) is 12.1 Å². The molecule has 1 aliphatic heterocycles. The first kappa shape index (κ1) is 18.0.